The van der Waals surface area contributed by atoms with Crippen LogP contribution in [-0.2, 0) is 4.79 Å². The van der Waals surface area contributed by atoms with Gasteiger partial charge in [0.1, 0.15) is 12.1 Å². The number of nitrogens with one attached hydrogen (secondary N) is 3. The number of nitriles is 2. The van der Waals surface area contributed by atoms with Gasteiger partial charge in [-0.3, -0.25) is 19.8 Å². The number of piperidine rings is 3. The number of imide groups is 1. The van der Waals surface area contributed by atoms with E-state index in [1.54, 1.807) is 17.2 Å². The first-order valence-corrected chi connectivity index (χ1v) is 21.1. The van der Waals surface area contributed by atoms with Crippen LogP contribution in [0.5, 0.6) is 0 Å². The maximum Gasteiger partial charge on any atom is 0.328 e. The summed E-state index contributed by atoms with van der Waals surface area (Å²) in [5.41, 5.74) is 6.12. The molecule has 3 aromatic carbocycles. The Bertz CT molecular complexity index is 2510. The summed E-state index contributed by atoms with van der Waals surface area (Å²) in [6, 6.07) is 22.2. The Kier molecular flexibility index (Phi) is 10.6. The van der Waals surface area contributed by atoms with Crippen molar-refractivity contribution < 1.29 is 14.4 Å². The lowest BCUT2D eigenvalue weighted by molar-refractivity contribution is -0.120. The standard InChI is InChI=1S/C45H47ClN10O3/c46-37-6-7-40(43-42(37)31(26-48)27-49-43)54-20-10-32(11-21-54)50-44(58)35-5-4-34(24-30(35)25-47)53-18-8-29(9-19-53)28-52-16-12-33(13-17-52)55-22-14-36-38(55)2-1-3-39(36)56-23-15-41(57)51-45(56)59/h1-7,14,22,24,27,29,32-33,49H,8-13,15-21,23,28H2,(H,50,58)(H,51,57,59). The number of urea groups is 1. The molecule has 302 valence electrons. The fourth-order valence-corrected chi connectivity index (χ4v) is 9.99. The Balaban J connectivity index is 0.748. The van der Waals surface area contributed by atoms with Gasteiger partial charge in [-0.1, -0.05) is 17.7 Å². The van der Waals surface area contributed by atoms with E-state index in [1.165, 1.54) is 0 Å². The van der Waals surface area contributed by atoms with Crippen LogP contribution in [0.15, 0.2) is 67.0 Å². The summed E-state index contributed by atoms with van der Waals surface area (Å²) in [4.78, 5) is 49.9. The molecule has 6 heterocycles. The number of likely N-dealkylation sites (tertiary alicyclic amines) is 1. The summed E-state index contributed by atoms with van der Waals surface area (Å²) in [5, 5.41) is 27.6. The zero-order valence-corrected chi connectivity index (χ0v) is 33.7. The van der Waals surface area contributed by atoms with Crippen molar-refractivity contribution in [1.82, 2.24) is 25.1 Å². The second-order valence-corrected chi connectivity index (χ2v) is 16.8. The predicted octanol–water partition coefficient (Wildman–Crippen LogP) is 6.92. The number of anilines is 3. The SMILES string of the molecule is N#Cc1cc(N2CCC(CN3CCC(n4ccc5c(N6CCC(=O)NC6=O)cccc54)CC3)CC2)ccc1C(=O)NC1CCN(c2ccc(Cl)c3c(C#N)c[nH]c23)CC1. The average Bonchev–Trinajstić information content (AvgIpc) is 3.91. The van der Waals surface area contributed by atoms with Gasteiger partial charge in [0.05, 0.1) is 44.1 Å². The first-order chi connectivity index (χ1) is 28.8. The van der Waals surface area contributed by atoms with Gasteiger partial charge in [-0.15, -0.1) is 0 Å². The van der Waals surface area contributed by atoms with Gasteiger partial charge in [-0.05, 0) is 93.0 Å². The number of amides is 4. The predicted molar refractivity (Wildman–Crippen MR) is 229 cm³/mol. The number of fused-ring (bicyclic) bond motifs is 2. The number of carbonyl (C=O) groups is 3. The van der Waals surface area contributed by atoms with Gasteiger partial charge in [0.2, 0.25) is 5.91 Å². The molecule has 4 fully saturated rings. The smallest absolute Gasteiger partial charge is 0.328 e. The highest BCUT2D eigenvalue weighted by atomic mass is 35.5. The number of aromatic amines is 1. The monoisotopic (exact) mass is 810 g/mol. The lowest BCUT2D eigenvalue weighted by atomic mass is 9.94. The zero-order chi connectivity index (χ0) is 40.6. The number of benzene rings is 3. The van der Waals surface area contributed by atoms with Gasteiger partial charge < -0.3 is 29.6 Å². The van der Waals surface area contributed by atoms with Crippen LogP contribution in [0.1, 0.15) is 72.5 Å². The lowest BCUT2D eigenvalue weighted by Gasteiger charge is -2.39. The Morgan fingerprint density at radius 1 is 0.831 bits per heavy atom. The van der Waals surface area contributed by atoms with Crippen LogP contribution >= 0.6 is 11.6 Å². The molecular formula is C45H47ClN10O3. The largest absolute Gasteiger partial charge is 0.371 e. The van der Waals surface area contributed by atoms with Crippen LogP contribution in [0.2, 0.25) is 5.02 Å². The Labute approximate surface area is 348 Å². The normalized spacial score (nSPS) is 18.9. The average molecular weight is 811 g/mol. The number of hydrogen-bond donors (Lipinski definition) is 3. The number of nitrogens with zero attached hydrogens (tertiary/aromatic N) is 7. The third kappa shape index (κ3) is 7.57. The molecular weight excluding hydrogens is 764 g/mol. The van der Waals surface area contributed by atoms with Gasteiger partial charge in [0, 0.05) is 99.7 Å². The number of aromatic nitrogens is 2. The minimum Gasteiger partial charge on any atom is -0.371 e. The van der Waals surface area contributed by atoms with Crippen LogP contribution in [0.25, 0.3) is 21.8 Å². The van der Waals surface area contributed by atoms with Crippen molar-refractivity contribution in [2.45, 2.75) is 57.0 Å². The van der Waals surface area contributed by atoms with Crippen LogP contribution in [0.3, 0.4) is 0 Å². The van der Waals surface area contributed by atoms with Crippen LogP contribution in [0, 0.1) is 28.6 Å². The molecule has 0 radical (unpaired) electrons. The molecule has 14 heteroatoms. The van der Waals surface area contributed by atoms with E-state index < -0.39 is 0 Å². The molecule has 5 aromatic rings. The highest BCUT2D eigenvalue weighted by Crippen LogP contribution is 2.36. The maximum atomic E-state index is 13.5. The zero-order valence-electron chi connectivity index (χ0n) is 32.9. The van der Waals surface area contributed by atoms with Crippen LogP contribution in [-0.4, -0.2) is 90.7 Å². The number of H-pyrrole nitrogens is 1. The topological polar surface area (TPSA) is 157 Å². The summed E-state index contributed by atoms with van der Waals surface area (Å²) >= 11 is 6.42. The summed E-state index contributed by atoms with van der Waals surface area (Å²) in [5.74, 6) is 0.162. The van der Waals surface area contributed by atoms with Gasteiger partial charge in [0.25, 0.3) is 5.91 Å². The molecule has 3 N–H and O–H groups in total. The molecule has 0 aliphatic carbocycles. The number of hydrogen-bond acceptors (Lipinski definition) is 8. The molecule has 0 unspecified atom stereocenters. The maximum absolute atomic E-state index is 13.5. The van der Waals surface area contributed by atoms with Crippen molar-refractivity contribution >= 4 is 68.3 Å². The van der Waals surface area contributed by atoms with E-state index >= 15 is 0 Å². The summed E-state index contributed by atoms with van der Waals surface area (Å²) < 4.78 is 2.37. The second kappa shape index (κ2) is 16.3. The van der Waals surface area contributed by atoms with Crippen molar-refractivity contribution in [1.29, 1.82) is 10.5 Å². The summed E-state index contributed by atoms with van der Waals surface area (Å²) in [6.07, 6.45) is 9.94. The molecule has 0 bridgehead atoms. The van der Waals surface area contributed by atoms with E-state index in [4.69, 9.17) is 11.6 Å². The lowest BCUT2D eigenvalue weighted by Crippen LogP contribution is -2.49. The molecule has 4 aliphatic heterocycles. The second-order valence-electron chi connectivity index (χ2n) is 16.4. The Hall–Kier alpha value is -6.02. The summed E-state index contributed by atoms with van der Waals surface area (Å²) in [6.45, 7) is 6.85. The minimum atomic E-state index is -0.359. The Morgan fingerprint density at radius 3 is 2.34 bits per heavy atom. The van der Waals surface area contributed by atoms with Crippen LogP contribution < -0.4 is 25.3 Å². The van der Waals surface area contributed by atoms with Gasteiger partial charge >= 0.3 is 6.03 Å². The van der Waals surface area contributed by atoms with Crippen molar-refractivity contribution in [3.8, 4) is 12.1 Å². The quantitative estimate of drug-likeness (QED) is 0.153. The first-order valence-electron chi connectivity index (χ1n) is 20.8. The van der Waals surface area contributed by atoms with E-state index in [0.29, 0.717) is 46.6 Å². The van der Waals surface area contributed by atoms with Crippen LogP contribution in [0.4, 0.5) is 21.9 Å². The van der Waals surface area contributed by atoms with Gasteiger partial charge in [-0.2, -0.15) is 10.5 Å². The highest BCUT2D eigenvalue weighted by molar-refractivity contribution is 6.36. The van der Waals surface area contributed by atoms with E-state index in [2.05, 4.69) is 65.4 Å². The third-order valence-corrected chi connectivity index (χ3v) is 13.3. The molecule has 13 nitrogen and oxygen atoms in total. The molecule has 0 atom stereocenters. The number of rotatable bonds is 8. The molecule has 4 saturated heterocycles. The number of halogens is 1. The van der Waals surface area contributed by atoms with E-state index in [-0.39, 0.29) is 23.9 Å². The van der Waals surface area contributed by atoms with E-state index in [9.17, 15) is 24.9 Å². The molecule has 4 aliphatic rings. The number of carbonyl (C=O) groups excluding carboxylic acids is 3. The third-order valence-electron chi connectivity index (χ3n) is 13.0. The highest BCUT2D eigenvalue weighted by Gasteiger charge is 2.30. The van der Waals surface area contributed by atoms with Crippen molar-refractivity contribution in [2.24, 2.45) is 5.92 Å². The minimum absolute atomic E-state index is 0.0110. The molecule has 0 spiro atoms. The fraction of sp³-hybridized carbons (Fsp3) is 0.400. The molecule has 59 heavy (non-hydrogen) atoms. The van der Waals surface area contributed by atoms with E-state index in [1.807, 2.05) is 36.4 Å². The van der Waals surface area contributed by atoms with Crippen molar-refractivity contribution in [3.63, 3.8) is 0 Å². The Morgan fingerprint density at radius 2 is 1.59 bits per heavy atom. The molecule has 2 aromatic heterocycles. The summed E-state index contributed by atoms with van der Waals surface area (Å²) in [7, 11) is 0. The van der Waals surface area contributed by atoms with Gasteiger partial charge in [0.15, 0.2) is 0 Å². The first kappa shape index (κ1) is 38.5. The molecule has 0 saturated carbocycles. The fourth-order valence-electron chi connectivity index (χ4n) is 9.73. The van der Waals surface area contributed by atoms with Crippen molar-refractivity contribution in [2.75, 3.05) is 67.1 Å². The molecule has 9 rings (SSSR count). The molecule has 4 amide bonds. The van der Waals surface area contributed by atoms with Crippen molar-refractivity contribution in [3.05, 3.63) is 88.7 Å². The van der Waals surface area contributed by atoms with E-state index in [0.717, 1.165) is 123 Å². The van der Waals surface area contributed by atoms with Gasteiger partial charge in [-0.25, -0.2) is 4.79 Å².